The van der Waals surface area contributed by atoms with Crippen LogP contribution in [0.1, 0.15) is 53.7 Å². The molecule has 0 bridgehead atoms. The number of amides is 1. The molecule has 232 valence electrons. The highest BCUT2D eigenvalue weighted by atomic mass is 79.9. The number of hydrogen-bond donors (Lipinski definition) is 0. The van der Waals surface area contributed by atoms with Gasteiger partial charge in [0.2, 0.25) is 0 Å². The summed E-state index contributed by atoms with van der Waals surface area (Å²) in [5.74, 6) is 0.976. The number of pyridine rings is 1. The van der Waals surface area contributed by atoms with Gasteiger partial charge in [-0.05, 0) is 107 Å². The monoisotopic (exact) mass is 674 g/mol. The van der Waals surface area contributed by atoms with E-state index in [1.165, 1.54) is 31.5 Å². The van der Waals surface area contributed by atoms with Crippen LogP contribution in [0.15, 0.2) is 76.5 Å². The fourth-order valence-corrected chi connectivity index (χ4v) is 7.96. The predicted molar refractivity (Wildman–Crippen MR) is 183 cm³/mol. The van der Waals surface area contributed by atoms with E-state index in [1.54, 1.807) is 11.8 Å². The molecule has 2 aromatic heterocycles. The average Bonchev–Trinajstić information content (AvgIpc) is 3.71. The first-order valence-corrected chi connectivity index (χ1v) is 17.8. The van der Waals surface area contributed by atoms with Gasteiger partial charge in [0, 0.05) is 66.3 Å². The van der Waals surface area contributed by atoms with Crippen molar-refractivity contribution >= 4 is 44.6 Å². The van der Waals surface area contributed by atoms with Crippen molar-refractivity contribution in [3.05, 3.63) is 88.2 Å². The van der Waals surface area contributed by atoms with Gasteiger partial charge in [-0.25, -0.2) is 4.98 Å². The van der Waals surface area contributed by atoms with Crippen molar-refractivity contribution in [1.29, 1.82) is 0 Å². The number of likely N-dealkylation sites (tertiary alicyclic amines) is 2. The number of piperidine rings is 1. The summed E-state index contributed by atoms with van der Waals surface area (Å²) in [6, 6.07) is 21.3. The van der Waals surface area contributed by atoms with Crippen molar-refractivity contribution in [3.8, 4) is 0 Å². The average molecular weight is 676 g/mol. The third kappa shape index (κ3) is 7.91. The Morgan fingerprint density at radius 1 is 1.00 bits per heavy atom. The Bertz CT molecular complexity index is 1530. The fraction of sp³-hybridized carbons (Fsp3) is 0.457. The number of halogens is 1. The zero-order valence-corrected chi connectivity index (χ0v) is 28.1. The lowest BCUT2D eigenvalue weighted by Gasteiger charge is -2.36. The molecule has 2 saturated heterocycles. The number of carbonyl (C=O) groups excluding carboxylic acids is 1. The topological polar surface area (TPSA) is 57.5 Å². The van der Waals surface area contributed by atoms with Crippen LogP contribution in [0.4, 0.5) is 0 Å². The fourth-order valence-electron chi connectivity index (χ4n) is 6.53. The number of nitrogens with zero attached hydrogens (tertiary/aromatic N) is 6. The lowest BCUT2D eigenvalue weighted by atomic mass is 10.0. The molecule has 2 aliphatic heterocycles. The summed E-state index contributed by atoms with van der Waals surface area (Å²) in [6.07, 6.45) is 8.62. The number of carbonyl (C=O) groups is 1. The molecule has 6 rings (SSSR count). The lowest BCUT2D eigenvalue weighted by Crippen LogP contribution is -2.45. The van der Waals surface area contributed by atoms with E-state index >= 15 is 0 Å². The summed E-state index contributed by atoms with van der Waals surface area (Å²) < 4.78 is 3.44. The minimum atomic E-state index is 0.138. The van der Waals surface area contributed by atoms with Gasteiger partial charge in [-0.1, -0.05) is 45.9 Å². The molecule has 0 N–H and O–H groups in total. The third-order valence-electron chi connectivity index (χ3n) is 9.02. The number of hydrogen-bond acceptors (Lipinski definition) is 6. The molecule has 0 atom stereocenters. The number of imidazole rings is 1. The molecule has 2 fully saturated rings. The van der Waals surface area contributed by atoms with E-state index in [-0.39, 0.29) is 5.91 Å². The van der Waals surface area contributed by atoms with Crippen LogP contribution >= 0.6 is 27.7 Å². The van der Waals surface area contributed by atoms with Gasteiger partial charge >= 0.3 is 0 Å². The van der Waals surface area contributed by atoms with Crippen LogP contribution in [-0.2, 0) is 18.7 Å². The van der Waals surface area contributed by atoms with Gasteiger partial charge in [-0.2, -0.15) is 0 Å². The van der Waals surface area contributed by atoms with E-state index in [1.807, 2.05) is 24.4 Å². The van der Waals surface area contributed by atoms with Crippen molar-refractivity contribution in [2.45, 2.75) is 62.0 Å². The minimum absolute atomic E-state index is 0.138. The smallest absolute Gasteiger partial charge is 0.253 e. The number of thioether (sulfide) groups is 1. The summed E-state index contributed by atoms with van der Waals surface area (Å²) in [7, 11) is 2.18. The van der Waals surface area contributed by atoms with Crippen LogP contribution in [0, 0.1) is 0 Å². The standard InChI is InChI=1S/C35H43BrN6OS/c1-39(21-13-30-10-2-3-16-37-30)17-7-20-42-33-12-11-28(34(43)41-22-14-31(15-23-41)40-18-4-5-19-40)25-32(33)38-35(42)44-26-27-8-6-9-29(36)24-27/h2-3,6,8-12,16,24-25,31H,4-5,7,13-15,17-23,26H2,1H3. The molecule has 7 nitrogen and oxygen atoms in total. The van der Waals surface area contributed by atoms with Crippen LogP contribution in [0.3, 0.4) is 0 Å². The highest BCUT2D eigenvalue weighted by Gasteiger charge is 2.29. The van der Waals surface area contributed by atoms with E-state index in [4.69, 9.17) is 4.98 Å². The molecule has 2 aliphatic rings. The van der Waals surface area contributed by atoms with E-state index in [2.05, 4.69) is 89.7 Å². The predicted octanol–water partition coefficient (Wildman–Crippen LogP) is 6.75. The summed E-state index contributed by atoms with van der Waals surface area (Å²) >= 11 is 5.37. The molecule has 0 spiro atoms. The quantitative estimate of drug-likeness (QED) is 0.155. The van der Waals surface area contributed by atoms with E-state index in [0.717, 1.165) is 96.1 Å². The van der Waals surface area contributed by atoms with Crippen LogP contribution < -0.4 is 0 Å². The van der Waals surface area contributed by atoms with Crippen LogP contribution in [0.5, 0.6) is 0 Å². The van der Waals surface area contributed by atoms with Crippen LogP contribution in [0.25, 0.3) is 11.0 Å². The maximum absolute atomic E-state index is 13.6. The second-order valence-corrected chi connectivity index (χ2v) is 14.0. The van der Waals surface area contributed by atoms with Crippen LogP contribution in [0.2, 0.25) is 0 Å². The highest BCUT2D eigenvalue weighted by molar-refractivity contribution is 9.10. The second-order valence-electron chi connectivity index (χ2n) is 12.2. The third-order valence-corrected chi connectivity index (χ3v) is 10.6. The molecular weight excluding hydrogens is 632 g/mol. The molecule has 4 heterocycles. The van der Waals surface area contributed by atoms with Gasteiger partial charge in [-0.15, -0.1) is 0 Å². The van der Waals surface area contributed by atoms with Crippen molar-refractivity contribution in [1.82, 2.24) is 29.2 Å². The van der Waals surface area contributed by atoms with Gasteiger partial charge in [0.1, 0.15) is 0 Å². The maximum Gasteiger partial charge on any atom is 0.253 e. The SMILES string of the molecule is CN(CCCn1c(SCc2cccc(Br)c2)nc2cc(C(=O)N3CCC(N4CCCC4)CC3)ccc21)CCc1ccccn1. The highest BCUT2D eigenvalue weighted by Crippen LogP contribution is 2.29. The number of likely N-dealkylation sites (N-methyl/N-ethyl adjacent to an activating group) is 1. The first-order chi connectivity index (χ1) is 21.5. The number of fused-ring (bicyclic) bond motifs is 1. The molecule has 1 amide bonds. The van der Waals surface area contributed by atoms with Crippen molar-refractivity contribution in [2.24, 2.45) is 0 Å². The largest absolute Gasteiger partial charge is 0.339 e. The van der Waals surface area contributed by atoms with Gasteiger partial charge in [0.05, 0.1) is 11.0 Å². The number of aryl methyl sites for hydroxylation is 1. The molecule has 0 unspecified atom stereocenters. The second kappa shape index (κ2) is 15.0. The Hall–Kier alpha value is -2.72. The minimum Gasteiger partial charge on any atom is -0.339 e. The van der Waals surface area contributed by atoms with E-state index in [9.17, 15) is 4.79 Å². The van der Waals surface area contributed by atoms with Gasteiger partial charge in [0.15, 0.2) is 5.16 Å². The molecule has 0 aliphatic carbocycles. The Labute approximate surface area is 274 Å². The van der Waals surface area contributed by atoms with Crippen molar-refractivity contribution in [3.63, 3.8) is 0 Å². The normalized spacial score (nSPS) is 16.4. The number of benzene rings is 2. The zero-order chi connectivity index (χ0) is 30.3. The summed E-state index contributed by atoms with van der Waals surface area (Å²) in [6.45, 7) is 6.98. The zero-order valence-electron chi connectivity index (χ0n) is 25.7. The van der Waals surface area contributed by atoms with Gasteiger partial charge < -0.3 is 19.3 Å². The van der Waals surface area contributed by atoms with Crippen molar-refractivity contribution in [2.75, 3.05) is 46.3 Å². The molecular formula is C35H43BrN6OS. The molecule has 0 saturated carbocycles. The first-order valence-electron chi connectivity index (χ1n) is 16.0. The lowest BCUT2D eigenvalue weighted by molar-refractivity contribution is 0.0644. The number of aromatic nitrogens is 3. The first kappa shape index (κ1) is 31.3. The Morgan fingerprint density at radius 2 is 1.84 bits per heavy atom. The molecule has 9 heteroatoms. The van der Waals surface area contributed by atoms with Gasteiger partial charge in [-0.3, -0.25) is 9.78 Å². The summed E-state index contributed by atoms with van der Waals surface area (Å²) in [5, 5.41) is 1.01. The van der Waals surface area contributed by atoms with Crippen LogP contribution in [-0.4, -0.2) is 87.5 Å². The molecule has 0 radical (unpaired) electrons. The Balaban J connectivity index is 1.13. The number of rotatable bonds is 12. The Morgan fingerprint density at radius 3 is 2.61 bits per heavy atom. The van der Waals surface area contributed by atoms with Gasteiger partial charge in [0.25, 0.3) is 5.91 Å². The Kier molecular flexibility index (Phi) is 10.7. The summed E-state index contributed by atoms with van der Waals surface area (Å²) in [4.78, 5) is 30.2. The van der Waals surface area contributed by atoms with E-state index in [0.29, 0.717) is 6.04 Å². The van der Waals surface area contributed by atoms with E-state index < -0.39 is 0 Å². The maximum atomic E-state index is 13.6. The molecule has 2 aromatic carbocycles. The molecule has 44 heavy (non-hydrogen) atoms. The molecule has 4 aromatic rings. The summed E-state index contributed by atoms with van der Waals surface area (Å²) in [5.41, 5.74) is 5.14. The van der Waals surface area contributed by atoms with Crippen molar-refractivity contribution < 1.29 is 4.79 Å².